The van der Waals surface area contributed by atoms with Gasteiger partial charge in [0.25, 0.3) is 0 Å². The third-order valence-corrected chi connectivity index (χ3v) is 3.59. The zero-order chi connectivity index (χ0) is 13.4. The summed E-state index contributed by atoms with van der Waals surface area (Å²) in [6.07, 6.45) is 6.80. The summed E-state index contributed by atoms with van der Waals surface area (Å²) < 4.78 is 0. The topological polar surface area (TPSA) is 48.1 Å². The molecule has 0 spiro atoms. The molecule has 1 saturated carbocycles. The van der Waals surface area contributed by atoms with Crippen molar-refractivity contribution in [2.24, 2.45) is 5.92 Å². The molecule has 0 radical (unpaired) electrons. The maximum atomic E-state index is 5.23. The van der Waals surface area contributed by atoms with Crippen LogP contribution in [0.1, 0.15) is 32.6 Å². The van der Waals surface area contributed by atoms with E-state index in [4.69, 9.17) is 24.4 Å². The van der Waals surface area contributed by atoms with Crippen molar-refractivity contribution in [1.29, 1.82) is 0 Å². The number of hydrogen-bond acceptors (Lipinski definition) is 2. The highest BCUT2D eigenvalue weighted by Gasteiger charge is 2.21. The van der Waals surface area contributed by atoms with Crippen LogP contribution in [0.25, 0.3) is 0 Å². The van der Waals surface area contributed by atoms with E-state index in [0.717, 1.165) is 0 Å². The van der Waals surface area contributed by atoms with Gasteiger partial charge < -0.3 is 10.6 Å². The van der Waals surface area contributed by atoms with Gasteiger partial charge in [-0.25, -0.2) is 0 Å². The highest BCUT2D eigenvalue weighted by molar-refractivity contribution is 7.80. The Morgan fingerprint density at radius 2 is 1.89 bits per heavy atom. The normalized spacial score (nSPS) is 22.7. The van der Waals surface area contributed by atoms with E-state index in [2.05, 4.69) is 35.0 Å². The Balaban J connectivity index is 2.20. The van der Waals surface area contributed by atoms with E-state index in [0.29, 0.717) is 28.7 Å². The lowest BCUT2D eigenvalue weighted by molar-refractivity contribution is 0.308. The van der Waals surface area contributed by atoms with Gasteiger partial charge in [0, 0.05) is 12.6 Å². The van der Waals surface area contributed by atoms with Crippen LogP contribution in [0.2, 0.25) is 0 Å². The summed E-state index contributed by atoms with van der Waals surface area (Å²) in [6.45, 7) is 6.50. The van der Waals surface area contributed by atoms with Crippen molar-refractivity contribution >= 4 is 34.7 Å². The molecule has 4 N–H and O–H groups in total. The van der Waals surface area contributed by atoms with Gasteiger partial charge in [0.2, 0.25) is 0 Å². The highest BCUT2D eigenvalue weighted by Crippen LogP contribution is 2.23. The quantitative estimate of drug-likeness (QED) is 0.359. The van der Waals surface area contributed by atoms with Crippen LogP contribution in [0.15, 0.2) is 12.7 Å². The minimum atomic E-state index is 0.468. The van der Waals surface area contributed by atoms with E-state index in [1.54, 1.807) is 6.08 Å². The Hall–Kier alpha value is -0.880. The molecule has 1 aliphatic carbocycles. The fraction of sp³-hybridized carbons (Fsp3) is 0.667. The molecule has 0 amide bonds. The largest absolute Gasteiger partial charge is 0.358 e. The van der Waals surface area contributed by atoms with E-state index < -0.39 is 0 Å². The van der Waals surface area contributed by atoms with Crippen LogP contribution in [-0.2, 0) is 0 Å². The molecule has 0 bridgehead atoms. The summed E-state index contributed by atoms with van der Waals surface area (Å²) in [5.74, 6) is 0.671. The molecule has 2 atom stereocenters. The molecule has 1 fully saturated rings. The second-order valence-electron chi connectivity index (χ2n) is 4.59. The monoisotopic (exact) mass is 286 g/mol. The molecular weight excluding hydrogens is 264 g/mol. The molecule has 0 unspecified atom stereocenters. The van der Waals surface area contributed by atoms with Gasteiger partial charge in [0.05, 0.1) is 0 Å². The second kappa shape index (κ2) is 8.26. The average Bonchev–Trinajstić information content (AvgIpc) is 2.36. The van der Waals surface area contributed by atoms with Gasteiger partial charge in [-0.1, -0.05) is 25.8 Å². The van der Waals surface area contributed by atoms with Crippen LogP contribution in [0.5, 0.6) is 0 Å². The SMILES string of the molecule is C=CCNC(=S)NNC(=S)N[C@@H]1CCCC[C@@H]1C. The van der Waals surface area contributed by atoms with E-state index >= 15 is 0 Å². The Labute approximate surface area is 120 Å². The van der Waals surface area contributed by atoms with Crippen molar-refractivity contribution in [2.75, 3.05) is 6.54 Å². The average molecular weight is 286 g/mol. The van der Waals surface area contributed by atoms with Crippen LogP contribution in [0, 0.1) is 5.92 Å². The summed E-state index contributed by atoms with van der Waals surface area (Å²) in [5, 5.41) is 7.39. The van der Waals surface area contributed by atoms with Crippen molar-refractivity contribution in [3.63, 3.8) is 0 Å². The standard InChI is InChI=1S/C12H22N4S2/c1-3-8-13-11(17)15-16-12(18)14-10-7-5-4-6-9(10)2/h3,9-10H,1,4-8H2,2H3,(H2,13,15,17)(H2,14,16,18)/t9-,10+/m0/s1. The molecular formula is C12H22N4S2. The minimum Gasteiger partial charge on any atom is -0.358 e. The molecule has 0 aromatic carbocycles. The number of nitrogens with one attached hydrogen (secondary N) is 4. The molecule has 0 aromatic rings. The first-order chi connectivity index (χ1) is 8.63. The predicted molar refractivity (Wildman–Crippen MR) is 84.2 cm³/mol. The highest BCUT2D eigenvalue weighted by atomic mass is 32.1. The van der Waals surface area contributed by atoms with E-state index in [1.165, 1.54) is 25.7 Å². The first-order valence-electron chi connectivity index (χ1n) is 6.34. The molecule has 18 heavy (non-hydrogen) atoms. The second-order valence-corrected chi connectivity index (χ2v) is 5.41. The minimum absolute atomic E-state index is 0.468. The summed E-state index contributed by atoms with van der Waals surface area (Å²) in [4.78, 5) is 0. The number of rotatable bonds is 3. The van der Waals surface area contributed by atoms with Crippen LogP contribution in [0.3, 0.4) is 0 Å². The fourth-order valence-electron chi connectivity index (χ4n) is 2.06. The maximum absolute atomic E-state index is 5.23. The van der Waals surface area contributed by atoms with Crippen molar-refractivity contribution in [3.05, 3.63) is 12.7 Å². The molecule has 0 aliphatic heterocycles. The van der Waals surface area contributed by atoms with E-state index in [1.807, 2.05) is 0 Å². The van der Waals surface area contributed by atoms with Crippen LogP contribution in [-0.4, -0.2) is 22.8 Å². The Bertz CT molecular complexity index is 306. The van der Waals surface area contributed by atoms with Crippen LogP contribution >= 0.6 is 24.4 Å². The molecule has 0 saturated heterocycles. The predicted octanol–water partition coefficient (Wildman–Crippen LogP) is 1.59. The molecule has 102 valence electrons. The lowest BCUT2D eigenvalue weighted by Gasteiger charge is -2.30. The Kier molecular flexibility index (Phi) is 6.97. The van der Waals surface area contributed by atoms with Crippen molar-refractivity contribution in [2.45, 2.75) is 38.6 Å². The summed E-state index contributed by atoms with van der Waals surface area (Å²) in [5.41, 5.74) is 5.73. The Morgan fingerprint density at radius 3 is 2.56 bits per heavy atom. The lowest BCUT2D eigenvalue weighted by atomic mass is 9.86. The first-order valence-corrected chi connectivity index (χ1v) is 7.16. The van der Waals surface area contributed by atoms with Crippen LogP contribution in [0.4, 0.5) is 0 Å². The van der Waals surface area contributed by atoms with E-state index in [-0.39, 0.29) is 0 Å². The van der Waals surface area contributed by atoms with Gasteiger partial charge in [-0.15, -0.1) is 6.58 Å². The molecule has 1 rings (SSSR count). The summed E-state index contributed by atoms with van der Waals surface area (Å²) >= 11 is 10.3. The van der Waals surface area contributed by atoms with E-state index in [9.17, 15) is 0 Å². The van der Waals surface area contributed by atoms with Gasteiger partial charge in [0.1, 0.15) is 0 Å². The van der Waals surface area contributed by atoms with Gasteiger partial charge in [-0.05, 0) is 43.2 Å². The third-order valence-electron chi connectivity index (χ3n) is 3.12. The summed E-state index contributed by atoms with van der Waals surface area (Å²) in [7, 11) is 0. The number of thiocarbonyl (C=S) groups is 2. The Morgan fingerprint density at radius 1 is 1.22 bits per heavy atom. The third kappa shape index (κ3) is 5.64. The number of hydrogen-bond donors (Lipinski definition) is 4. The molecule has 6 heteroatoms. The van der Waals surface area contributed by atoms with Gasteiger partial charge in [0.15, 0.2) is 10.2 Å². The molecule has 0 heterocycles. The molecule has 4 nitrogen and oxygen atoms in total. The lowest BCUT2D eigenvalue weighted by Crippen LogP contribution is -2.53. The van der Waals surface area contributed by atoms with Crippen molar-refractivity contribution in [3.8, 4) is 0 Å². The smallest absolute Gasteiger partial charge is 0.185 e. The molecule has 0 aromatic heterocycles. The van der Waals surface area contributed by atoms with Gasteiger partial charge >= 0.3 is 0 Å². The first kappa shape index (κ1) is 15.2. The molecule has 1 aliphatic rings. The van der Waals surface area contributed by atoms with Crippen molar-refractivity contribution in [1.82, 2.24) is 21.5 Å². The van der Waals surface area contributed by atoms with Crippen LogP contribution < -0.4 is 21.5 Å². The van der Waals surface area contributed by atoms with Gasteiger partial charge in [-0.2, -0.15) is 0 Å². The zero-order valence-electron chi connectivity index (χ0n) is 10.8. The zero-order valence-corrected chi connectivity index (χ0v) is 12.4. The summed E-state index contributed by atoms with van der Waals surface area (Å²) in [6, 6.07) is 0.468. The maximum Gasteiger partial charge on any atom is 0.185 e. The number of hydrazine groups is 1. The van der Waals surface area contributed by atoms with Gasteiger partial charge in [-0.3, -0.25) is 10.9 Å². The fourth-order valence-corrected chi connectivity index (χ4v) is 2.39. The van der Waals surface area contributed by atoms with Crippen molar-refractivity contribution < 1.29 is 0 Å².